The van der Waals surface area contributed by atoms with E-state index in [1.807, 2.05) is 14.7 Å². The summed E-state index contributed by atoms with van der Waals surface area (Å²) < 4.78 is 104. The zero-order chi connectivity index (χ0) is 33.2. The predicted molar refractivity (Wildman–Crippen MR) is 154 cm³/mol. The van der Waals surface area contributed by atoms with Crippen molar-refractivity contribution in [1.82, 2.24) is 14.7 Å². The molecule has 0 radical (unpaired) electrons. The van der Waals surface area contributed by atoms with E-state index in [2.05, 4.69) is 0 Å². The monoisotopic (exact) mass is 753 g/mol. The van der Waals surface area contributed by atoms with E-state index in [4.69, 9.17) is 0 Å². The zero-order valence-electron chi connectivity index (χ0n) is 26.6. The second kappa shape index (κ2) is 19.0. The first-order valence-electron chi connectivity index (χ1n) is 13.4. The minimum absolute atomic E-state index is 0. The molecule has 0 unspecified atom stereocenters. The van der Waals surface area contributed by atoms with Crippen LogP contribution in [0.4, 0.5) is 0 Å². The van der Waals surface area contributed by atoms with Crippen LogP contribution in [0.25, 0.3) is 0 Å². The zero-order valence-corrected chi connectivity index (χ0v) is 35.1. The van der Waals surface area contributed by atoms with Gasteiger partial charge in [-0.1, -0.05) is 0 Å². The normalized spacial score (nSPS) is 15.6. The molecule has 1 aliphatic rings. The number of phenolic OH excluding ortho intramolecular Hbond substituents is 3. The Morgan fingerprint density at radius 2 is 0.667 bits per heavy atom. The van der Waals surface area contributed by atoms with Gasteiger partial charge in [0.1, 0.15) is 47.6 Å². The SMILES string of the molecule is O=S(=O)([O-])c1ccc(O)c(CN2CCN(Cc3cc(S(=O)(=O)[O-])ccc3O)CCN(Cc3cc(S(=O)(=O)[O-])ccc3O)CC2)c1.[Na+].[Na+].[Na+]. The van der Waals surface area contributed by atoms with Crippen LogP contribution in [0.15, 0.2) is 69.3 Å². The second-order valence-corrected chi connectivity index (χ2v) is 14.7. The van der Waals surface area contributed by atoms with Gasteiger partial charge in [-0.2, -0.15) is 0 Å². The van der Waals surface area contributed by atoms with Crippen LogP contribution in [-0.4, -0.2) is 108 Å². The van der Waals surface area contributed by atoms with Crippen LogP contribution in [0.2, 0.25) is 0 Å². The summed E-state index contributed by atoms with van der Waals surface area (Å²) in [5.74, 6) is -0.716. The number of nitrogens with zero attached hydrogens (tertiary/aromatic N) is 3. The third kappa shape index (κ3) is 13.0. The molecule has 15 nitrogen and oxygen atoms in total. The van der Waals surface area contributed by atoms with Gasteiger partial charge in [0.05, 0.1) is 14.7 Å². The molecule has 0 bridgehead atoms. The van der Waals surface area contributed by atoms with E-state index in [-0.39, 0.29) is 142 Å². The summed E-state index contributed by atoms with van der Waals surface area (Å²) in [5.41, 5.74) is 0.504. The van der Waals surface area contributed by atoms with Crippen molar-refractivity contribution < 1.29 is 143 Å². The third-order valence-corrected chi connectivity index (χ3v) is 9.89. The third-order valence-electron chi connectivity index (χ3n) is 7.40. The van der Waals surface area contributed by atoms with Crippen molar-refractivity contribution >= 4 is 30.4 Å². The largest absolute Gasteiger partial charge is 1.00 e. The molecule has 48 heavy (non-hydrogen) atoms. The summed E-state index contributed by atoms with van der Waals surface area (Å²) >= 11 is 0. The van der Waals surface area contributed by atoms with Crippen molar-refractivity contribution in [3.63, 3.8) is 0 Å². The number of aromatic hydroxyl groups is 3. The predicted octanol–water partition coefficient (Wildman–Crippen LogP) is -8.65. The summed E-state index contributed by atoms with van der Waals surface area (Å²) in [5, 5.41) is 31.2. The summed E-state index contributed by atoms with van der Waals surface area (Å²) in [6, 6.07) is 9.55. The van der Waals surface area contributed by atoms with Crippen LogP contribution >= 0.6 is 0 Å². The van der Waals surface area contributed by atoms with Gasteiger partial charge in [-0.3, -0.25) is 14.7 Å². The molecule has 21 heteroatoms. The maximum Gasteiger partial charge on any atom is 1.00 e. The van der Waals surface area contributed by atoms with E-state index < -0.39 is 45.0 Å². The molecule has 0 amide bonds. The Bertz CT molecular complexity index is 1670. The van der Waals surface area contributed by atoms with E-state index in [1.165, 1.54) is 0 Å². The minimum atomic E-state index is -4.80. The number of hydrogen-bond acceptors (Lipinski definition) is 15. The molecule has 0 spiro atoms. The number of hydrogen-bond donors (Lipinski definition) is 3. The van der Waals surface area contributed by atoms with Gasteiger partial charge >= 0.3 is 88.7 Å². The van der Waals surface area contributed by atoms with Gasteiger partial charge in [-0.25, -0.2) is 25.3 Å². The van der Waals surface area contributed by atoms with E-state index in [0.717, 1.165) is 54.6 Å². The summed E-state index contributed by atoms with van der Waals surface area (Å²) in [6.45, 7) is 1.94. The van der Waals surface area contributed by atoms with Gasteiger partial charge in [0.25, 0.3) is 0 Å². The Balaban J connectivity index is 0.00000384. The van der Waals surface area contributed by atoms with Crippen molar-refractivity contribution in [2.24, 2.45) is 0 Å². The molecule has 0 aliphatic carbocycles. The van der Waals surface area contributed by atoms with Crippen LogP contribution in [0.5, 0.6) is 17.2 Å². The Labute approximate surface area is 346 Å². The average molecular weight is 754 g/mol. The Hall–Kier alpha value is -0.330. The molecule has 3 aromatic rings. The molecule has 1 fully saturated rings. The van der Waals surface area contributed by atoms with Crippen molar-refractivity contribution in [2.45, 2.75) is 34.3 Å². The maximum atomic E-state index is 11.6. The first-order valence-corrected chi connectivity index (χ1v) is 17.6. The Kier molecular flexibility index (Phi) is 18.0. The van der Waals surface area contributed by atoms with Crippen LogP contribution < -0.4 is 88.7 Å². The molecule has 3 N–H and O–H groups in total. The first-order chi connectivity index (χ1) is 20.9. The number of benzene rings is 3. The van der Waals surface area contributed by atoms with Gasteiger partial charge in [0.15, 0.2) is 0 Å². The smallest absolute Gasteiger partial charge is 0.744 e. The van der Waals surface area contributed by atoms with Gasteiger partial charge in [-0.15, -0.1) is 0 Å². The number of phenols is 3. The standard InChI is InChI=1S/C27H33N3O12S3.3Na/c31-25-4-1-22(43(34,35)36)13-19(25)16-28-7-9-29(17-20-14-23(44(37,38)39)2-5-26(20)32)11-12-30(10-8-28)18-21-15-24(45(40,41)42)3-6-27(21)33;;;/h1-6,13-15,31-33H,7-12,16-18H2,(H,34,35,36)(H,37,38,39)(H,40,41,42);;;/q;3*+1/p-3. The fraction of sp³-hybridized carbons (Fsp3) is 0.333. The molecule has 0 aromatic heterocycles. The Morgan fingerprint density at radius 3 is 0.854 bits per heavy atom. The molecular formula is C27H30N3Na3O12S3. The summed E-state index contributed by atoms with van der Waals surface area (Å²) in [6.07, 6.45) is 0. The van der Waals surface area contributed by atoms with Crippen molar-refractivity contribution in [2.75, 3.05) is 39.3 Å². The fourth-order valence-electron chi connectivity index (χ4n) is 4.91. The van der Waals surface area contributed by atoms with E-state index >= 15 is 0 Å². The minimum Gasteiger partial charge on any atom is -0.744 e. The van der Waals surface area contributed by atoms with Gasteiger partial charge in [-0.05, 0) is 54.6 Å². The van der Waals surface area contributed by atoms with E-state index in [0.29, 0.717) is 39.3 Å². The van der Waals surface area contributed by atoms with Gasteiger partial charge < -0.3 is 29.0 Å². The van der Waals surface area contributed by atoms with Gasteiger partial charge in [0, 0.05) is 75.6 Å². The van der Waals surface area contributed by atoms with E-state index in [1.54, 1.807) is 0 Å². The molecule has 1 aliphatic heterocycles. The summed E-state index contributed by atoms with van der Waals surface area (Å²) in [7, 11) is -14.4. The second-order valence-electron chi connectivity index (χ2n) is 10.6. The van der Waals surface area contributed by atoms with Crippen molar-refractivity contribution in [3.8, 4) is 17.2 Å². The molecule has 246 valence electrons. The molecular weight excluding hydrogens is 723 g/mol. The van der Waals surface area contributed by atoms with E-state index in [9.17, 15) is 54.2 Å². The van der Waals surface area contributed by atoms with Crippen molar-refractivity contribution in [3.05, 3.63) is 71.3 Å². The number of rotatable bonds is 9. The van der Waals surface area contributed by atoms with Gasteiger partial charge in [0.2, 0.25) is 0 Å². The molecule has 1 saturated heterocycles. The first kappa shape index (κ1) is 45.7. The Morgan fingerprint density at radius 1 is 0.458 bits per heavy atom. The quantitative estimate of drug-likeness (QED) is 0.136. The van der Waals surface area contributed by atoms with Crippen LogP contribution in [0.1, 0.15) is 16.7 Å². The van der Waals surface area contributed by atoms with Crippen LogP contribution in [0, 0.1) is 0 Å². The maximum absolute atomic E-state index is 11.6. The van der Waals surface area contributed by atoms with Crippen LogP contribution in [-0.2, 0) is 50.0 Å². The average Bonchev–Trinajstić information content (AvgIpc) is 3.02. The molecule has 0 atom stereocenters. The summed E-state index contributed by atoms with van der Waals surface area (Å²) in [4.78, 5) is 3.98. The fourth-order valence-corrected chi connectivity index (χ4v) is 6.48. The molecule has 3 aromatic carbocycles. The van der Waals surface area contributed by atoms with Crippen LogP contribution in [0.3, 0.4) is 0 Å². The molecule has 1 heterocycles. The topological polar surface area (TPSA) is 242 Å². The molecule has 4 rings (SSSR count). The van der Waals surface area contributed by atoms with Crippen molar-refractivity contribution in [1.29, 1.82) is 0 Å². The molecule has 0 saturated carbocycles.